The molecule has 0 aromatic carbocycles. The zero-order chi connectivity index (χ0) is 8.27. The lowest BCUT2D eigenvalue weighted by molar-refractivity contribution is -0.385. The molecule has 1 aromatic heterocycles. The number of nitrogens with one attached hydrogen (secondary N) is 1. The molecule has 5 heteroatoms. The van der Waals surface area contributed by atoms with Crippen LogP contribution in [0.2, 0.25) is 0 Å². The highest BCUT2D eigenvalue weighted by Gasteiger charge is 2.04. The van der Waals surface area contributed by atoms with Crippen LogP contribution in [0.1, 0.15) is 0 Å². The van der Waals surface area contributed by atoms with Crippen LogP contribution in [-0.2, 0) is 0 Å². The number of rotatable bonds is 2. The number of hydrogen-bond acceptors (Lipinski definition) is 4. The van der Waals surface area contributed by atoms with Gasteiger partial charge in [0, 0.05) is 13.1 Å². The number of aromatic nitrogens is 1. The van der Waals surface area contributed by atoms with E-state index in [1.165, 1.54) is 18.5 Å². The van der Waals surface area contributed by atoms with Crippen molar-refractivity contribution in [3.8, 4) is 0 Å². The molecule has 1 N–H and O–H groups in total. The number of nitrogens with zero attached hydrogens (tertiary/aromatic N) is 2. The fraction of sp³-hybridized carbons (Fsp3) is 0.167. The minimum absolute atomic E-state index is 0.00292. The number of nitro groups is 1. The van der Waals surface area contributed by atoms with E-state index >= 15 is 0 Å². The van der Waals surface area contributed by atoms with Crippen LogP contribution in [0.15, 0.2) is 18.5 Å². The van der Waals surface area contributed by atoms with Crippen LogP contribution in [0.3, 0.4) is 0 Å². The second kappa shape index (κ2) is 2.96. The average molecular weight is 153 g/mol. The third-order valence-corrected chi connectivity index (χ3v) is 1.22. The Morgan fingerprint density at radius 3 is 2.91 bits per heavy atom. The van der Waals surface area contributed by atoms with Crippen LogP contribution < -0.4 is 5.32 Å². The van der Waals surface area contributed by atoms with Crippen LogP contribution in [0.25, 0.3) is 0 Å². The van der Waals surface area contributed by atoms with E-state index in [9.17, 15) is 10.1 Å². The highest BCUT2D eigenvalue weighted by molar-refractivity contribution is 5.47. The van der Waals surface area contributed by atoms with Gasteiger partial charge in [0.1, 0.15) is 6.20 Å². The molecule has 0 unspecified atom stereocenters. The topological polar surface area (TPSA) is 68.1 Å². The smallest absolute Gasteiger partial charge is 0.289 e. The molecular formula is C6H7N3O2. The van der Waals surface area contributed by atoms with Crippen molar-refractivity contribution < 1.29 is 4.92 Å². The molecule has 0 fully saturated rings. The van der Waals surface area contributed by atoms with Gasteiger partial charge in [0.2, 0.25) is 0 Å². The van der Waals surface area contributed by atoms with Crippen LogP contribution in [0, 0.1) is 10.1 Å². The molecule has 0 amide bonds. The van der Waals surface area contributed by atoms with Gasteiger partial charge >= 0.3 is 0 Å². The lowest BCUT2D eigenvalue weighted by Crippen LogP contribution is -1.92. The van der Waals surface area contributed by atoms with Crippen molar-refractivity contribution in [1.82, 2.24) is 4.98 Å². The van der Waals surface area contributed by atoms with E-state index in [0.29, 0.717) is 5.69 Å². The highest BCUT2D eigenvalue weighted by Crippen LogP contribution is 2.13. The third kappa shape index (κ3) is 1.64. The molecule has 0 saturated heterocycles. The van der Waals surface area contributed by atoms with E-state index in [4.69, 9.17) is 0 Å². The van der Waals surface area contributed by atoms with E-state index in [1.807, 2.05) is 0 Å². The summed E-state index contributed by atoms with van der Waals surface area (Å²) < 4.78 is 0. The molecule has 0 aliphatic carbocycles. The molecular weight excluding hydrogens is 146 g/mol. The van der Waals surface area contributed by atoms with E-state index in [1.54, 1.807) is 7.05 Å². The van der Waals surface area contributed by atoms with Crippen LogP contribution >= 0.6 is 0 Å². The second-order valence-electron chi connectivity index (χ2n) is 1.94. The summed E-state index contributed by atoms with van der Waals surface area (Å²) in [5.74, 6) is 0. The monoisotopic (exact) mass is 153 g/mol. The lowest BCUT2D eigenvalue weighted by atomic mass is 10.4. The normalized spacial score (nSPS) is 9.18. The predicted octanol–water partition coefficient (Wildman–Crippen LogP) is 1.03. The number of anilines is 1. The second-order valence-corrected chi connectivity index (χ2v) is 1.94. The van der Waals surface area contributed by atoms with Gasteiger partial charge in [-0.3, -0.25) is 15.1 Å². The van der Waals surface area contributed by atoms with Gasteiger partial charge in [0.25, 0.3) is 5.69 Å². The van der Waals surface area contributed by atoms with Crippen molar-refractivity contribution in [3.63, 3.8) is 0 Å². The molecule has 0 saturated carbocycles. The molecule has 0 aliphatic rings. The molecule has 1 aromatic rings. The minimum atomic E-state index is -0.478. The molecule has 0 spiro atoms. The molecule has 11 heavy (non-hydrogen) atoms. The van der Waals surface area contributed by atoms with Gasteiger partial charge in [0.05, 0.1) is 16.8 Å². The van der Waals surface area contributed by atoms with E-state index < -0.39 is 4.92 Å². The van der Waals surface area contributed by atoms with E-state index in [0.717, 1.165) is 0 Å². The largest absolute Gasteiger partial charge is 0.387 e. The Labute approximate surface area is 63.2 Å². The van der Waals surface area contributed by atoms with Gasteiger partial charge in [-0.2, -0.15) is 0 Å². The van der Waals surface area contributed by atoms with Crippen molar-refractivity contribution in [1.29, 1.82) is 0 Å². The van der Waals surface area contributed by atoms with Crippen molar-refractivity contribution in [2.75, 3.05) is 12.4 Å². The van der Waals surface area contributed by atoms with Gasteiger partial charge in [0.15, 0.2) is 0 Å². The Morgan fingerprint density at radius 2 is 2.36 bits per heavy atom. The average Bonchev–Trinajstić information content (AvgIpc) is 2.05. The highest BCUT2D eigenvalue weighted by atomic mass is 16.6. The van der Waals surface area contributed by atoms with Crippen LogP contribution in [0.5, 0.6) is 0 Å². The molecule has 1 heterocycles. The van der Waals surface area contributed by atoms with E-state index in [2.05, 4.69) is 10.3 Å². The molecule has 5 nitrogen and oxygen atoms in total. The van der Waals surface area contributed by atoms with Crippen LogP contribution in [0.4, 0.5) is 11.4 Å². The molecule has 0 aliphatic heterocycles. The van der Waals surface area contributed by atoms with Gasteiger partial charge in [-0.25, -0.2) is 0 Å². The first-order valence-electron chi connectivity index (χ1n) is 3.01. The van der Waals surface area contributed by atoms with Crippen molar-refractivity contribution in [2.45, 2.75) is 0 Å². The standard InChI is InChI=1S/C6H7N3O2/c1-7-5-2-6(9(10)11)4-8-3-5/h2-4,7H,1H3. The Balaban J connectivity index is 3.01. The summed E-state index contributed by atoms with van der Waals surface area (Å²) in [7, 11) is 1.68. The quantitative estimate of drug-likeness (QED) is 0.509. The fourth-order valence-corrected chi connectivity index (χ4v) is 0.664. The molecule has 0 radical (unpaired) electrons. The summed E-state index contributed by atoms with van der Waals surface area (Å²) in [6, 6.07) is 1.42. The summed E-state index contributed by atoms with van der Waals surface area (Å²) in [5.41, 5.74) is 0.635. The van der Waals surface area contributed by atoms with Gasteiger partial charge in [-0.15, -0.1) is 0 Å². The van der Waals surface area contributed by atoms with Gasteiger partial charge in [-0.05, 0) is 0 Å². The SMILES string of the molecule is CNc1cncc([N+](=O)[O-])c1. The first-order chi connectivity index (χ1) is 5.24. The maximum Gasteiger partial charge on any atom is 0.289 e. The Morgan fingerprint density at radius 1 is 1.64 bits per heavy atom. The first-order valence-corrected chi connectivity index (χ1v) is 3.01. The maximum absolute atomic E-state index is 10.2. The Bertz CT molecular complexity index is 274. The van der Waals surface area contributed by atoms with Crippen molar-refractivity contribution in [2.24, 2.45) is 0 Å². The number of hydrogen-bond donors (Lipinski definition) is 1. The zero-order valence-corrected chi connectivity index (χ0v) is 5.94. The summed E-state index contributed by atoms with van der Waals surface area (Å²) in [4.78, 5) is 13.4. The predicted molar refractivity (Wildman–Crippen MR) is 40.4 cm³/mol. The summed E-state index contributed by atoms with van der Waals surface area (Å²) >= 11 is 0. The summed E-state index contributed by atoms with van der Waals surface area (Å²) in [6.07, 6.45) is 2.73. The lowest BCUT2D eigenvalue weighted by Gasteiger charge is -1.96. The molecule has 0 atom stereocenters. The van der Waals surface area contributed by atoms with Gasteiger partial charge in [-0.1, -0.05) is 0 Å². The van der Waals surface area contributed by atoms with Crippen molar-refractivity contribution in [3.05, 3.63) is 28.6 Å². The Hall–Kier alpha value is -1.65. The van der Waals surface area contributed by atoms with Crippen LogP contribution in [-0.4, -0.2) is 17.0 Å². The fourth-order valence-electron chi connectivity index (χ4n) is 0.664. The van der Waals surface area contributed by atoms with Crippen molar-refractivity contribution >= 4 is 11.4 Å². The Kier molecular flexibility index (Phi) is 2.00. The molecule has 58 valence electrons. The number of pyridine rings is 1. The molecule has 0 bridgehead atoms. The third-order valence-electron chi connectivity index (χ3n) is 1.22. The van der Waals surface area contributed by atoms with E-state index in [-0.39, 0.29) is 5.69 Å². The van der Waals surface area contributed by atoms with Gasteiger partial charge < -0.3 is 5.32 Å². The maximum atomic E-state index is 10.2. The molecule has 1 rings (SSSR count). The summed E-state index contributed by atoms with van der Waals surface area (Å²) in [6.45, 7) is 0. The first kappa shape index (κ1) is 7.46. The summed E-state index contributed by atoms with van der Waals surface area (Å²) in [5, 5.41) is 13.0. The minimum Gasteiger partial charge on any atom is -0.387 e. The zero-order valence-electron chi connectivity index (χ0n) is 5.94.